The van der Waals surface area contributed by atoms with E-state index in [0.29, 0.717) is 24.7 Å². The molecular formula is C20H24N2O3. The molecule has 2 aromatic carbocycles. The van der Waals surface area contributed by atoms with Crippen molar-refractivity contribution in [2.45, 2.75) is 19.6 Å². The molecule has 5 nitrogen and oxygen atoms in total. The summed E-state index contributed by atoms with van der Waals surface area (Å²) in [6.45, 7) is 2.66. The van der Waals surface area contributed by atoms with Gasteiger partial charge in [0.05, 0.1) is 13.0 Å². The highest BCUT2D eigenvalue weighted by Crippen LogP contribution is 2.29. The zero-order chi connectivity index (χ0) is 17.5. The van der Waals surface area contributed by atoms with E-state index in [9.17, 15) is 4.79 Å². The molecule has 1 fully saturated rings. The van der Waals surface area contributed by atoms with E-state index in [0.717, 1.165) is 30.6 Å². The van der Waals surface area contributed by atoms with E-state index >= 15 is 0 Å². The quantitative estimate of drug-likeness (QED) is 0.813. The summed E-state index contributed by atoms with van der Waals surface area (Å²) in [5.41, 5.74) is 2.09. The maximum Gasteiger partial charge on any atom is 0.224 e. The predicted octanol–water partition coefficient (Wildman–Crippen LogP) is 2.50. The van der Waals surface area contributed by atoms with Gasteiger partial charge in [-0.3, -0.25) is 4.79 Å². The van der Waals surface area contributed by atoms with Gasteiger partial charge in [0.1, 0.15) is 6.61 Å². The van der Waals surface area contributed by atoms with Crippen molar-refractivity contribution in [2.75, 3.05) is 20.2 Å². The Morgan fingerprint density at radius 2 is 2.00 bits per heavy atom. The van der Waals surface area contributed by atoms with E-state index in [2.05, 4.69) is 10.6 Å². The van der Waals surface area contributed by atoms with E-state index in [1.807, 2.05) is 48.5 Å². The Morgan fingerprint density at radius 1 is 1.16 bits per heavy atom. The first-order valence-corrected chi connectivity index (χ1v) is 8.58. The van der Waals surface area contributed by atoms with Gasteiger partial charge in [0.2, 0.25) is 5.91 Å². The molecule has 0 aliphatic carbocycles. The number of carbonyl (C=O) groups excluding carboxylic acids is 1. The Labute approximate surface area is 148 Å². The van der Waals surface area contributed by atoms with Crippen molar-refractivity contribution >= 4 is 5.91 Å². The number of hydrogen-bond acceptors (Lipinski definition) is 4. The molecule has 1 unspecified atom stereocenters. The van der Waals surface area contributed by atoms with Crippen LogP contribution < -0.4 is 20.1 Å². The number of nitrogens with one attached hydrogen (secondary N) is 2. The molecule has 132 valence electrons. The second kappa shape index (κ2) is 8.53. The maximum atomic E-state index is 12.1. The summed E-state index contributed by atoms with van der Waals surface area (Å²) in [6.07, 6.45) is 0.904. The summed E-state index contributed by atoms with van der Waals surface area (Å²) >= 11 is 0. The van der Waals surface area contributed by atoms with Gasteiger partial charge < -0.3 is 20.1 Å². The van der Waals surface area contributed by atoms with Gasteiger partial charge in [0.25, 0.3) is 0 Å². The number of hydrogen-bond donors (Lipinski definition) is 2. The maximum absolute atomic E-state index is 12.1. The third-order valence-corrected chi connectivity index (χ3v) is 4.36. The fourth-order valence-electron chi connectivity index (χ4n) is 2.89. The summed E-state index contributed by atoms with van der Waals surface area (Å²) < 4.78 is 11.3. The largest absolute Gasteiger partial charge is 0.493 e. The average molecular weight is 340 g/mol. The molecule has 3 rings (SSSR count). The highest BCUT2D eigenvalue weighted by molar-refractivity contribution is 5.79. The van der Waals surface area contributed by atoms with Crippen molar-refractivity contribution < 1.29 is 14.3 Å². The topological polar surface area (TPSA) is 59.6 Å². The van der Waals surface area contributed by atoms with Crippen molar-refractivity contribution in [3.63, 3.8) is 0 Å². The minimum atomic E-state index is 0.0791. The molecule has 0 spiro atoms. The lowest BCUT2D eigenvalue weighted by Crippen LogP contribution is -2.31. The molecule has 1 heterocycles. The zero-order valence-electron chi connectivity index (χ0n) is 14.5. The highest BCUT2D eigenvalue weighted by atomic mass is 16.5. The summed E-state index contributed by atoms with van der Waals surface area (Å²) in [4.78, 5) is 12.1. The lowest BCUT2D eigenvalue weighted by molar-refractivity contribution is -0.124. The normalized spacial score (nSPS) is 16.4. The van der Waals surface area contributed by atoms with Gasteiger partial charge in [-0.05, 0) is 36.2 Å². The summed E-state index contributed by atoms with van der Waals surface area (Å²) in [7, 11) is 1.62. The predicted molar refractivity (Wildman–Crippen MR) is 96.6 cm³/mol. The van der Waals surface area contributed by atoms with Crippen LogP contribution in [0, 0.1) is 5.92 Å². The molecule has 0 bridgehead atoms. The van der Waals surface area contributed by atoms with Crippen molar-refractivity contribution in [3.8, 4) is 11.5 Å². The van der Waals surface area contributed by atoms with Crippen molar-refractivity contribution in [3.05, 3.63) is 59.7 Å². The molecule has 1 amide bonds. The van der Waals surface area contributed by atoms with Gasteiger partial charge in [-0.15, -0.1) is 0 Å². The lowest BCUT2D eigenvalue weighted by atomic mass is 10.1. The van der Waals surface area contributed by atoms with E-state index in [1.165, 1.54) is 0 Å². The fourth-order valence-corrected chi connectivity index (χ4v) is 2.89. The number of carbonyl (C=O) groups is 1. The average Bonchev–Trinajstić information content (AvgIpc) is 3.20. The molecule has 1 atom stereocenters. The Kier molecular flexibility index (Phi) is 5.90. The van der Waals surface area contributed by atoms with Crippen LogP contribution >= 0.6 is 0 Å². The van der Waals surface area contributed by atoms with E-state index in [-0.39, 0.29) is 11.8 Å². The van der Waals surface area contributed by atoms with Crippen LogP contribution in [0.1, 0.15) is 17.5 Å². The van der Waals surface area contributed by atoms with Gasteiger partial charge in [-0.2, -0.15) is 0 Å². The number of rotatable bonds is 7. The molecule has 5 heteroatoms. The van der Waals surface area contributed by atoms with Gasteiger partial charge in [-0.25, -0.2) is 0 Å². The van der Waals surface area contributed by atoms with E-state index in [4.69, 9.17) is 9.47 Å². The molecular weight excluding hydrogens is 316 g/mol. The second-order valence-corrected chi connectivity index (χ2v) is 6.17. The third kappa shape index (κ3) is 4.73. The lowest BCUT2D eigenvalue weighted by Gasteiger charge is -2.14. The van der Waals surface area contributed by atoms with Crippen molar-refractivity contribution in [2.24, 2.45) is 5.92 Å². The standard InChI is InChI=1S/C20H24N2O3/c1-24-19-11-16(12-22-20(23)17-9-10-21-13-17)7-8-18(19)25-14-15-5-3-2-4-6-15/h2-8,11,17,21H,9-10,12-14H2,1H3,(H,22,23). The number of ether oxygens (including phenoxy) is 2. The van der Waals surface area contributed by atoms with Crippen LogP contribution in [0.5, 0.6) is 11.5 Å². The first-order valence-electron chi connectivity index (χ1n) is 8.58. The van der Waals surface area contributed by atoms with E-state index in [1.54, 1.807) is 7.11 Å². The summed E-state index contributed by atoms with van der Waals surface area (Å²) in [5, 5.41) is 6.20. The monoisotopic (exact) mass is 340 g/mol. The van der Waals surface area contributed by atoms with Gasteiger partial charge in [-0.1, -0.05) is 36.4 Å². The Bertz CT molecular complexity index is 697. The second-order valence-electron chi connectivity index (χ2n) is 6.17. The first kappa shape index (κ1) is 17.3. The van der Waals surface area contributed by atoms with E-state index < -0.39 is 0 Å². The van der Waals surface area contributed by atoms with Crippen LogP contribution in [-0.4, -0.2) is 26.1 Å². The summed E-state index contributed by atoms with van der Waals surface area (Å²) in [6, 6.07) is 15.8. The van der Waals surface area contributed by atoms with Crippen LogP contribution in [-0.2, 0) is 17.9 Å². The van der Waals surface area contributed by atoms with Gasteiger partial charge >= 0.3 is 0 Å². The summed E-state index contributed by atoms with van der Waals surface area (Å²) in [5.74, 6) is 1.55. The Morgan fingerprint density at radius 3 is 2.72 bits per heavy atom. The van der Waals surface area contributed by atoms with Crippen LogP contribution in [0.15, 0.2) is 48.5 Å². The Balaban J connectivity index is 1.58. The highest BCUT2D eigenvalue weighted by Gasteiger charge is 2.21. The molecule has 2 aromatic rings. The molecule has 1 aliphatic heterocycles. The van der Waals surface area contributed by atoms with Crippen LogP contribution in [0.3, 0.4) is 0 Å². The minimum Gasteiger partial charge on any atom is -0.493 e. The third-order valence-electron chi connectivity index (χ3n) is 4.36. The van der Waals surface area contributed by atoms with Gasteiger partial charge in [0.15, 0.2) is 11.5 Å². The minimum absolute atomic E-state index is 0.0791. The van der Waals surface area contributed by atoms with Crippen molar-refractivity contribution in [1.82, 2.24) is 10.6 Å². The molecule has 1 aliphatic rings. The molecule has 2 N–H and O–H groups in total. The van der Waals surface area contributed by atoms with Gasteiger partial charge in [0, 0.05) is 13.1 Å². The number of methoxy groups -OCH3 is 1. The number of amides is 1. The Hall–Kier alpha value is -2.53. The van der Waals surface area contributed by atoms with Crippen LogP contribution in [0.4, 0.5) is 0 Å². The van der Waals surface area contributed by atoms with Crippen LogP contribution in [0.2, 0.25) is 0 Å². The first-order chi connectivity index (χ1) is 12.3. The molecule has 0 aromatic heterocycles. The van der Waals surface area contributed by atoms with Crippen molar-refractivity contribution in [1.29, 1.82) is 0 Å². The molecule has 0 saturated carbocycles. The molecule has 0 radical (unpaired) electrons. The SMILES string of the molecule is COc1cc(CNC(=O)C2CCNC2)ccc1OCc1ccccc1. The smallest absolute Gasteiger partial charge is 0.224 e. The van der Waals surface area contributed by atoms with Crippen LogP contribution in [0.25, 0.3) is 0 Å². The number of benzene rings is 2. The molecule has 1 saturated heterocycles. The fraction of sp³-hybridized carbons (Fsp3) is 0.350. The molecule has 25 heavy (non-hydrogen) atoms. The zero-order valence-corrected chi connectivity index (χ0v) is 14.5.